The van der Waals surface area contributed by atoms with E-state index in [2.05, 4.69) is 80.6 Å². The Balaban J connectivity index is 2.09. The van der Waals surface area contributed by atoms with E-state index >= 15 is 0 Å². The zero-order chi connectivity index (χ0) is 21.2. The number of hydrogen-bond acceptors (Lipinski definition) is 4. The van der Waals surface area contributed by atoms with Crippen LogP contribution in [0.5, 0.6) is 5.75 Å². The van der Waals surface area contributed by atoms with Crippen LogP contribution >= 0.6 is 0 Å². The lowest BCUT2D eigenvalue weighted by molar-refractivity contribution is 0.191. The molecule has 0 radical (unpaired) electrons. The molecular weight excluding hydrogens is 364 g/mol. The van der Waals surface area contributed by atoms with E-state index in [1.54, 1.807) is 6.33 Å². The molecule has 0 saturated carbocycles. The van der Waals surface area contributed by atoms with E-state index in [1.165, 1.54) is 5.56 Å². The quantitative estimate of drug-likeness (QED) is 0.470. The van der Waals surface area contributed by atoms with Crippen molar-refractivity contribution >= 4 is 5.96 Å². The van der Waals surface area contributed by atoms with Gasteiger partial charge in [-0.3, -0.25) is 0 Å². The van der Waals surface area contributed by atoms with Gasteiger partial charge in [-0.05, 0) is 51.7 Å². The van der Waals surface area contributed by atoms with Crippen LogP contribution in [0.1, 0.15) is 58.0 Å². The van der Waals surface area contributed by atoms with Crippen LogP contribution < -0.4 is 15.4 Å². The van der Waals surface area contributed by atoms with Gasteiger partial charge in [0.25, 0.3) is 0 Å². The van der Waals surface area contributed by atoms with Crippen LogP contribution in [0.3, 0.4) is 0 Å². The first-order chi connectivity index (χ1) is 13.9. The molecule has 0 saturated heterocycles. The van der Waals surface area contributed by atoms with Crippen molar-refractivity contribution in [1.82, 2.24) is 25.4 Å². The molecule has 0 aliphatic rings. The zero-order valence-electron chi connectivity index (χ0n) is 18.7. The van der Waals surface area contributed by atoms with Gasteiger partial charge < -0.3 is 19.9 Å². The van der Waals surface area contributed by atoms with Gasteiger partial charge in [0.15, 0.2) is 11.8 Å². The average molecular weight is 401 g/mol. The monoisotopic (exact) mass is 400 g/mol. The lowest BCUT2D eigenvalue weighted by Crippen LogP contribution is -2.37. The molecule has 1 atom stereocenters. The molecule has 2 rings (SSSR count). The summed E-state index contributed by atoms with van der Waals surface area (Å²) in [5.74, 6) is 3.16. The summed E-state index contributed by atoms with van der Waals surface area (Å²) in [7, 11) is 0. The van der Waals surface area contributed by atoms with E-state index in [9.17, 15) is 0 Å². The number of nitrogens with zero attached hydrogens (tertiary/aromatic N) is 4. The van der Waals surface area contributed by atoms with Crippen molar-refractivity contribution in [2.24, 2.45) is 10.9 Å². The summed E-state index contributed by atoms with van der Waals surface area (Å²) in [5, 5.41) is 14.8. The van der Waals surface area contributed by atoms with E-state index in [1.807, 2.05) is 4.57 Å². The molecule has 0 bridgehead atoms. The zero-order valence-corrected chi connectivity index (χ0v) is 18.7. The van der Waals surface area contributed by atoms with Crippen LogP contribution in [0.4, 0.5) is 0 Å². The van der Waals surface area contributed by atoms with Crippen molar-refractivity contribution in [1.29, 1.82) is 0 Å². The number of benzene rings is 1. The molecule has 160 valence electrons. The summed E-state index contributed by atoms with van der Waals surface area (Å²) in [5.41, 5.74) is 2.27. The summed E-state index contributed by atoms with van der Waals surface area (Å²) in [6.07, 6.45) is 2.94. The summed E-state index contributed by atoms with van der Waals surface area (Å²) in [6.45, 7) is 15.5. The lowest BCUT2D eigenvalue weighted by atomic mass is 10.1. The Kier molecular flexibility index (Phi) is 8.96. The highest BCUT2D eigenvalue weighted by Crippen LogP contribution is 2.24. The van der Waals surface area contributed by atoms with Crippen LogP contribution in [0.2, 0.25) is 0 Å². The summed E-state index contributed by atoms with van der Waals surface area (Å²) >= 11 is 0. The fourth-order valence-electron chi connectivity index (χ4n) is 3.18. The normalized spacial score (nSPS) is 12.9. The highest BCUT2D eigenvalue weighted by molar-refractivity contribution is 5.79. The van der Waals surface area contributed by atoms with Crippen molar-refractivity contribution in [3.05, 3.63) is 41.5 Å². The van der Waals surface area contributed by atoms with Gasteiger partial charge in [0, 0.05) is 18.7 Å². The number of aliphatic imine (C=N–C) groups is 1. The Morgan fingerprint density at radius 2 is 2.00 bits per heavy atom. The topological polar surface area (TPSA) is 76.4 Å². The number of aromatic nitrogens is 3. The van der Waals surface area contributed by atoms with E-state index in [4.69, 9.17) is 9.73 Å². The van der Waals surface area contributed by atoms with Crippen molar-refractivity contribution < 1.29 is 4.74 Å². The van der Waals surface area contributed by atoms with Gasteiger partial charge in [0.2, 0.25) is 0 Å². The highest BCUT2D eigenvalue weighted by atomic mass is 16.5. The molecule has 1 aromatic carbocycles. The van der Waals surface area contributed by atoms with Gasteiger partial charge >= 0.3 is 0 Å². The minimum atomic E-state index is 0.172. The average Bonchev–Trinajstić information content (AvgIpc) is 3.12. The first-order valence-electron chi connectivity index (χ1n) is 10.6. The molecule has 1 heterocycles. The third-order valence-corrected chi connectivity index (χ3v) is 4.56. The van der Waals surface area contributed by atoms with E-state index in [-0.39, 0.29) is 6.10 Å². The van der Waals surface area contributed by atoms with Gasteiger partial charge in [0.05, 0.1) is 19.2 Å². The van der Waals surface area contributed by atoms with E-state index in [0.717, 1.165) is 42.6 Å². The first-order valence-corrected chi connectivity index (χ1v) is 10.6. The maximum absolute atomic E-state index is 6.25. The molecule has 7 nitrogen and oxygen atoms in total. The maximum Gasteiger partial charge on any atom is 0.191 e. The largest absolute Gasteiger partial charge is 0.490 e. The van der Waals surface area contributed by atoms with Gasteiger partial charge in [-0.15, -0.1) is 10.2 Å². The van der Waals surface area contributed by atoms with Gasteiger partial charge in [-0.2, -0.15) is 0 Å². The number of hydrogen-bond donors (Lipinski definition) is 2. The van der Waals surface area contributed by atoms with Crippen LogP contribution in [-0.2, 0) is 19.6 Å². The van der Waals surface area contributed by atoms with Crippen LogP contribution in [0.15, 0.2) is 29.5 Å². The number of aryl methyl sites for hydroxylation is 2. The number of ether oxygens (including phenoxy) is 1. The van der Waals surface area contributed by atoms with Crippen molar-refractivity contribution in [3.8, 4) is 5.75 Å². The third-order valence-electron chi connectivity index (χ3n) is 4.56. The van der Waals surface area contributed by atoms with E-state index < -0.39 is 0 Å². The molecule has 0 spiro atoms. The second-order valence-corrected chi connectivity index (χ2v) is 7.75. The molecule has 0 amide bonds. The predicted octanol–water partition coefficient (Wildman–Crippen LogP) is 3.68. The lowest BCUT2D eigenvalue weighted by Gasteiger charge is -2.19. The van der Waals surface area contributed by atoms with Crippen LogP contribution in [0.25, 0.3) is 0 Å². The van der Waals surface area contributed by atoms with Gasteiger partial charge in [-0.1, -0.05) is 26.0 Å². The molecular formula is C22H36N6O. The number of rotatable bonds is 10. The molecule has 2 aromatic rings. The molecule has 0 fully saturated rings. The first kappa shape index (κ1) is 22.7. The molecule has 0 aliphatic heterocycles. The summed E-state index contributed by atoms with van der Waals surface area (Å²) < 4.78 is 8.26. The minimum absolute atomic E-state index is 0.172. The molecule has 1 aromatic heterocycles. The minimum Gasteiger partial charge on any atom is -0.490 e. The Labute approximate surface area is 175 Å². The second-order valence-electron chi connectivity index (χ2n) is 7.75. The Hall–Kier alpha value is -2.57. The fourth-order valence-corrected chi connectivity index (χ4v) is 3.18. The van der Waals surface area contributed by atoms with Crippen LogP contribution in [0, 0.1) is 12.8 Å². The smallest absolute Gasteiger partial charge is 0.191 e. The van der Waals surface area contributed by atoms with Gasteiger partial charge in [-0.25, -0.2) is 4.99 Å². The van der Waals surface area contributed by atoms with Crippen molar-refractivity contribution in [3.63, 3.8) is 0 Å². The number of guanidine groups is 1. The molecule has 7 heteroatoms. The summed E-state index contributed by atoms with van der Waals surface area (Å²) in [4.78, 5) is 4.75. The third kappa shape index (κ3) is 7.40. The van der Waals surface area contributed by atoms with E-state index in [0.29, 0.717) is 19.0 Å². The SMILES string of the molecule is CCNC(=NCc1ccc(C)cc1OC(C)CC(C)C)NCc1nncn1CC. The molecule has 1 unspecified atom stereocenters. The fraction of sp³-hybridized carbons (Fsp3) is 0.591. The Morgan fingerprint density at radius 3 is 2.69 bits per heavy atom. The predicted molar refractivity (Wildman–Crippen MR) is 118 cm³/mol. The molecule has 29 heavy (non-hydrogen) atoms. The molecule has 0 aliphatic carbocycles. The maximum atomic E-state index is 6.25. The van der Waals surface area contributed by atoms with Crippen LogP contribution in [-0.4, -0.2) is 33.4 Å². The standard InChI is InChI=1S/C22H36N6O/c1-7-23-22(25-14-21-27-26-15-28(21)8-2)24-13-19-10-9-17(5)12-20(19)29-18(6)11-16(3)4/h9-10,12,15-16,18H,7-8,11,13-14H2,1-6H3,(H2,23,24,25). The number of nitrogens with one attached hydrogen (secondary N) is 2. The molecule has 2 N–H and O–H groups in total. The van der Waals surface area contributed by atoms with Crippen molar-refractivity contribution in [2.45, 2.75) is 73.7 Å². The van der Waals surface area contributed by atoms with Crippen molar-refractivity contribution in [2.75, 3.05) is 6.54 Å². The van der Waals surface area contributed by atoms with Gasteiger partial charge in [0.1, 0.15) is 12.1 Å². The Morgan fingerprint density at radius 1 is 1.21 bits per heavy atom. The Bertz CT molecular complexity index is 783. The summed E-state index contributed by atoms with van der Waals surface area (Å²) in [6, 6.07) is 6.31. The second kappa shape index (κ2) is 11.4. The highest BCUT2D eigenvalue weighted by Gasteiger charge is 2.11.